The van der Waals surface area contributed by atoms with Crippen molar-refractivity contribution >= 4 is 27.6 Å². The lowest BCUT2D eigenvalue weighted by molar-refractivity contribution is 0.230. The highest BCUT2D eigenvalue weighted by Crippen LogP contribution is 2.52. The molecule has 1 aromatic heterocycles. The van der Waals surface area contributed by atoms with Crippen molar-refractivity contribution in [2.24, 2.45) is 4.40 Å². The fraction of sp³-hybridized carbons (Fsp3) is 0.591. The monoisotopic (exact) mass is 399 g/mol. The lowest BCUT2D eigenvalue weighted by atomic mass is 9.66. The Kier molecular flexibility index (Phi) is 4.42. The number of hydrogen-bond acceptors (Lipinski definition) is 3. The molecule has 4 rings (SSSR count). The molecule has 1 spiro atoms. The number of rotatable bonds is 2. The van der Waals surface area contributed by atoms with E-state index < -0.39 is 15.7 Å². The summed E-state index contributed by atoms with van der Waals surface area (Å²) in [6.45, 7) is 11.7. The molecule has 0 radical (unpaired) electrons. The molecule has 0 bridgehead atoms. The van der Waals surface area contributed by atoms with E-state index in [0.29, 0.717) is 16.6 Å². The van der Waals surface area contributed by atoms with Crippen molar-refractivity contribution in [3.63, 3.8) is 0 Å². The van der Waals surface area contributed by atoms with Gasteiger partial charge in [0.1, 0.15) is 16.8 Å². The van der Waals surface area contributed by atoms with E-state index in [4.69, 9.17) is 4.98 Å². The van der Waals surface area contributed by atoms with Crippen molar-refractivity contribution in [1.29, 1.82) is 0 Å². The Labute approximate surface area is 168 Å². The van der Waals surface area contributed by atoms with Crippen LogP contribution in [-0.2, 0) is 16.4 Å². The van der Waals surface area contributed by atoms with Crippen molar-refractivity contribution in [3.8, 4) is 0 Å². The quantitative estimate of drug-likeness (QED) is 0.705. The molecule has 1 saturated carbocycles. The first-order chi connectivity index (χ1) is 13.0. The number of aryl methyl sites for hydroxylation is 1. The number of nitrogens with zero attached hydrogens (tertiary/aromatic N) is 3. The minimum Gasteiger partial charge on any atom is -0.293 e. The smallest absolute Gasteiger partial charge is 0.261 e. The molecular weight excluding hydrogens is 370 g/mol. The summed E-state index contributed by atoms with van der Waals surface area (Å²) >= 11 is 0. The molecule has 1 aliphatic heterocycles. The Bertz CT molecular complexity index is 1090. The molecular formula is C22H29N3O2S. The molecule has 5 nitrogen and oxygen atoms in total. The maximum atomic E-state index is 13.4. The predicted molar refractivity (Wildman–Crippen MR) is 116 cm³/mol. The lowest BCUT2D eigenvalue weighted by Gasteiger charge is -2.37. The van der Waals surface area contributed by atoms with Gasteiger partial charge in [0.25, 0.3) is 5.56 Å². The second-order valence-corrected chi connectivity index (χ2v) is 11.5. The number of fused-ring (bicyclic) bond motifs is 3. The van der Waals surface area contributed by atoms with Crippen LogP contribution in [0.4, 0.5) is 0 Å². The third-order valence-electron chi connectivity index (χ3n) is 6.19. The van der Waals surface area contributed by atoms with E-state index in [9.17, 15) is 9.00 Å². The molecule has 150 valence electrons. The van der Waals surface area contributed by atoms with E-state index in [0.717, 1.165) is 36.2 Å². The van der Waals surface area contributed by atoms with Gasteiger partial charge in [-0.05, 0) is 78.5 Å². The minimum atomic E-state index is -1.36. The van der Waals surface area contributed by atoms with Gasteiger partial charge in [0.05, 0.1) is 21.4 Å². The lowest BCUT2D eigenvalue weighted by Crippen LogP contribution is -2.34. The van der Waals surface area contributed by atoms with Crippen LogP contribution in [0, 0.1) is 6.92 Å². The first-order valence-corrected chi connectivity index (χ1v) is 11.2. The molecule has 0 saturated heterocycles. The van der Waals surface area contributed by atoms with Gasteiger partial charge in [-0.1, -0.05) is 6.42 Å². The third-order valence-corrected chi connectivity index (χ3v) is 7.68. The van der Waals surface area contributed by atoms with Crippen molar-refractivity contribution in [2.75, 3.05) is 0 Å². The van der Waals surface area contributed by atoms with Gasteiger partial charge in [-0.15, -0.1) is 0 Å². The average Bonchev–Trinajstić information content (AvgIpc) is 2.87. The van der Waals surface area contributed by atoms with Crippen LogP contribution in [-0.4, -0.2) is 24.2 Å². The molecule has 2 aromatic rings. The van der Waals surface area contributed by atoms with Crippen molar-refractivity contribution in [3.05, 3.63) is 39.4 Å². The van der Waals surface area contributed by atoms with Gasteiger partial charge < -0.3 is 0 Å². The highest BCUT2D eigenvalue weighted by molar-refractivity contribution is 7.85. The van der Waals surface area contributed by atoms with Crippen molar-refractivity contribution in [1.82, 2.24) is 9.55 Å². The Hall–Kier alpha value is -1.82. The van der Waals surface area contributed by atoms with Crippen LogP contribution in [0.3, 0.4) is 0 Å². The van der Waals surface area contributed by atoms with Gasteiger partial charge in [-0.2, -0.15) is 4.40 Å². The predicted octanol–water partition coefficient (Wildman–Crippen LogP) is 4.36. The molecule has 1 aliphatic carbocycles. The van der Waals surface area contributed by atoms with Crippen LogP contribution < -0.4 is 5.56 Å². The Balaban J connectivity index is 1.98. The van der Waals surface area contributed by atoms with Gasteiger partial charge in [0.15, 0.2) is 0 Å². The second-order valence-electron chi connectivity index (χ2n) is 9.54. The van der Waals surface area contributed by atoms with Crippen LogP contribution in [0.25, 0.3) is 10.9 Å². The molecule has 0 unspecified atom stereocenters. The van der Waals surface area contributed by atoms with Gasteiger partial charge in [0.2, 0.25) is 0 Å². The summed E-state index contributed by atoms with van der Waals surface area (Å²) in [5.41, 5.74) is 3.30. The zero-order chi connectivity index (χ0) is 20.4. The summed E-state index contributed by atoms with van der Waals surface area (Å²) in [7, 11) is -1.36. The molecule has 2 aliphatic rings. The van der Waals surface area contributed by atoms with Crippen LogP contribution >= 0.6 is 0 Å². The number of aromatic nitrogens is 2. The standard InChI is InChI=1S/C22H29N3O2S/c1-13-10-16(15(3)24-28(27)21(4,5)6)18-17(11-13)19(26)25-14(2)12-22(8-7-9-22)20(25)23-18/h10-11,14H,7-9,12H2,1-6H3/t14-,28-/m1/s1. The topological polar surface area (TPSA) is 64.3 Å². The van der Waals surface area contributed by atoms with E-state index in [-0.39, 0.29) is 17.0 Å². The first kappa shape index (κ1) is 19.5. The molecule has 1 aromatic carbocycles. The summed E-state index contributed by atoms with van der Waals surface area (Å²) in [5, 5.41) is 0.637. The van der Waals surface area contributed by atoms with E-state index in [1.165, 1.54) is 6.42 Å². The van der Waals surface area contributed by atoms with Crippen molar-refractivity contribution in [2.45, 2.75) is 83.4 Å². The van der Waals surface area contributed by atoms with E-state index >= 15 is 0 Å². The Morgan fingerprint density at radius 3 is 2.57 bits per heavy atom. The van der Waals surface area contributed by atoms with Crippen LogP contribution in [0.5, 0.6) is 0 Å². The summed E-state index contributed by atoms with van der Waals surface area (Å²) in [6, 6.07) is 4.12. The molecule has 6 heteroatoms. The molecule has 2 atom stereocenters. The summed E-state index contributed by atoms with van der Waals surface area (Å²) in [4.78, 5) is 18.4. The minimum absolute atomic E-state index is 0.0472. The largest absolute Gasteiger partial charge is 0.293 e. The highest BCUT2D eigenvalue weighted by Gasteiger charge is 2.48. The summed E-state index contributed by atoms with van der Waals surface area (Å²) in [6.07, 6.45) is 4.42. The van der Waals surface area contributed by atoms with Gasteiger partial charge >= 0.3 is 0 Å². The fourth-order valence-electron chi connectivity index (χ4n) is 4.60. The highest BCUT2D eigenvalue weighted by atomic mass is 32.2. The van der Waals surface area contributed by atoms with Gasteiger partial charge in [-0.3, -0.25) is 9.36 Å². The number of benzene rings is 1. The third kappa shape index (κ3) is 2.88. The maximum Gasteiger partial charge on any atom is 0.261 e. The fourth-order valence-corrected chi connectivity index (χ4v) is 5.22. The summed E-state index contributed by atoms with van der Waals surface area (Å²) < 4.78 is 18.5. The van der Waals surface area contributed by atoms with E-state index in [2.05, 4.69) is 11.3 Å². The van der Waals surface area contributed by atoms with E-state index in [1.807, 2.05) is 51.3 Å². The first-order valence-electron chi connectivity index (χ1n) is 10.1. The zero-order valence-electron chi connectivity index (χ0n) is 17.6. The van der Waals surface area contributed by atoms with Gasteiger partial charge in [0, 0.05) is 17.0 Å². The molecule has 1 fully saturated rings. The zero-order valence-corrected chi connectivity index (χ0v) is 18.4. The maximum absolute atomic E-state index is 13.4. The molecule has 0 N–H and O–H groups in total. The van der Waals surface area contributed by atoms with Crippen LogP contribution in [0.2, 0.25) is 0 Å². The van der Waals surface area contributed by atoms with Crippen molar-refractivity contribution < 1.29 is 4.21 Å². The van der Waals surface area contributed by atoms with E-state index in [1.54, 1.807) is 0 Å². The van der Waals surface area contributed by atoms with Gasteiger partial charge in [-0.25, -0.2) is 9.19 Å². The van der Waals surface area contributed by atoms with Crippen LogP contribution in [0.1, 0.15) is 83.3 Å². The Morgan fingerprint density at radius 2 is 2.00 bits per heavy atom. The average molecular weight is 400 g/mol. The molecule has 28 heavy (non-hydrogen) atoms. The number of hydrogen-bond donors (Lipinski definition) is 0. The SMILES string of the molecule is CC(=N[S@](=O)C(C)(C)C)c1cc(C)cc2c(=O)n3c(nc12)C1(CCC1)C[C@H]3C. The second kappa shape index (κ2) is 6.34. The molecule has 2 heterocycles. The summed E-state index contributed by atoms with van der Waals surface area (Å²) in [5.74, 6) is 0.943. The van der Waals surface area contributed by atoms with Crippen LogP contribution in [0.15, 0.2) is 21.3 Å². The Morgan fingerprint density at radius 1 is 1.32 bits per heavy atom. The molecule has 0 amide bonds. The normalized spacial score (nSPS) is 22.4.